The van der Waals surface area contributed by atoms with Gasteiger partial charge in [0.25, 0.3) is 0 Å². The second-order valence-corrected chi connectivity index (χ2v) is 11.9. The fraction of sp³-hybridized carbons (Fsp3) is 0.370. The Morgan fingerprint density at radius 3 is 2.62 bits per heavy atom. The van der Waals surface area contributed by atoms with E-state index < -0.39 is 9.84 Å². The first-order chi connectivity index (χ1) is 16.4. The van der Waals surface area contributed by atoms with Gasteiger partial charge in [-0.15, -0.1) is 0 Å². The van der Waals surface area contributed by atoms with Crippen LogP contribution in [0.2, 0.25) is 5.02 Å². The van der Waals surface area contributed by atoms with Gasteiger partial charge < -0.3 is 9.72 Å². The molecule has 1 aliphatic carbocycles. The highest BCUT2D eigenvalue weighted by atomic mass is 35.5. The number of H-pyrrole nitrogens is 1. The first kappa shape index (κ1) is 23.2. The molecule has 0 saturated heterocycles. The van der Waals surface area contributed by atoms with Crippen LogP contribution in [-0.4, -0.2) is 30.2 Å². The molecule has 0 unspecified atom stereocenters. The SMILES string of the molecule is CCC1CCC(Oc2ccc(-c3cccc(S(=O)(=O)CC)c3)c3c2[nH]c2ncc(Cl)cc23)CC1. The number of benzene rings is 2. The number of sulfone groups is 1. The summed E-state index contributed by atoms with van der Waals surface area (Å²) in [6.45, 7) is 3.92. The van der Waals surface area contributed by atoms with Gasteiger partial charge in [0, 0.05) is 17.0 Å². The van der Waals surface area contributed by atoms with Gasteiger partial charge in [0.2, 0.25) is 0 Å². The number of aromatic amines is 1. The number of nitrogens with one attached hydrogen (secondary N) is 1. The highest BCUT2D eigenvalue weighted by Crippen LogP contribution is 2.41. The van der Waals surface area contributed by atoms with E-state index in [0.717, 1.165) is 57.6 Å². The Morgan fingerprint density at radius 1 is 1.09 bits per heavy atom. The van der Waals surface area contributed by atoms with Gasteiger partial charge in [-0.05, 0) is 73.1 Å². The van der Waals surface area contributed by atoms with Crippen molar-refractivity contribution in [2.45, 2.75) is 57.0 Å². The van der Waals surface area contributed by atoms with E-state index in [1.54, 1.807) is 31.3 Å². The summed E-state index contributed by atoms with van der Waals surface area (Å²) in [4.78, 5) is 8.25. The van der Waals surface area contributed by atoms with Crippen molar-refractivity contribution in [3.05, 3.63) is 53.7 Å². The topological polar surface area (TPSA) is 72.1 Å². The fourth-order valence-corrected chi connectivity index (χ4v) is 6.12. The largest absolute Gasteiger partial charge is 0.488 e. The number of nitrogens with zero attached hydrogens (tertiary/aromatic N) is 1. The predicted octanol–water partition coefficient (Wildman–Crippen LogP) is 7.18. The molecule has 0 spiro atoms. The summed E-state index contributed by atoms with van der Waals surface area (Å²) < 4.78 is 31.6. The maximum Gasteiger partial charge on any atom is 0.178 e. The third-order valence-electron chi connectivity index (χ3n) is 7.08. The van der Waals surface area contributed by atoms with Gasteiger partial charge in [-0.2, -0.15) is 0 Å². The van der Waals surface area contributed by atoms with Gasteiger partial charge in [-0.25, -0.2) is 13.4 Å². The van der Waals surface area contributed by atoms with Crippen LogP contribution < -0.4 is 4.74 Å². The molecule has 1 N–H and O–H groups in total. The minimum absolute atomic E-state index is 0.0610. The monoisotopic (exact) mass is 496 g/mol. The lowest BCUT2D eigenvalue weighted by Crippen LogP contribution is -2.24. The zero-order valence-electron chi connectivity index (χ0n) is 19.5. The highest BCUT2D eigenvalue weighted by molar-refractivity contribution is 7.91. The van der Waals surface area contributed by atoms with Crippen LogP contribution in [0, 0.1) is 5.92 Å². The van der Waals surface area contributed by atoms with Crippen molar-refractivity contribution in [3.8, 4) is 16.9 Å². The van der Waals surface area contributed by atoms with Crippen molar-refractivity contribution in [1.29, 1.82) is 0 Å². The van der Waals surface area contributed by atoms with E-state index >= 15 is 0 Å². The van der Waals surface area contributed by atoms with E-state index in [4.69, 9.17) is 16.3 Å². The molecule has 7 heteroatoms. The number of hydrogen-bond donors (Lipinski definition) is 1. The van der Waals surface area contributed by atoms with Crippen molar-refractivity contribution in [2.75, 3.05) is 5.75 Å². The quantitative estimate of drug-likeness (QED) is 0.307. The molecule has 4 aromatic rings. The van der Waals surface area contributed by atoms with Crippen molar-refractivity contribution in [2.24, 2.45) is 5.92 Å². The molecule has 0 radical (unpaired) electrons. The molecule has 5 rings (SSSR count). The normalized spacial score (nSPS) is 19.0. The van der Waals surface area contributed by atoms with Crippen LogP contribution >= 0.6 is 11.6 Å². The maximum atomic E-state index is 12.5. The summed E-state index contributed by atoms with van der Waals surface area (Å²) >= 11 is 6.31. The molecule has 2 aromatic heterocycles. The Labute approximate surface area is 205 Å². The lowest BCUT2D eigenvalue weighted by Gasteiger charge is -2.28. The third kappa shape index (κ3) is 4.29. The Hall–Kier alpha value is -2.57. The van der Waals surface area contributed by atoms with E-state index in [1.165, 1.54) is 19.3 Å². The Kier molecular flexibility index (Phi) is 6.30. The van der Waals surface area contributed by atoms with E-state index in [9.17, 15) is 8.42 Å². The van der Waals surface area contributed by atoms with E-state index in [-0.39, 0.29) is 11.9 Å². The summed E-state index contributed by atoms with van der Waals surface area (Å²) in [7, 11) is -3.32. The molecule has 0 amide bonds. The molecule has 0 aliphatic heterocycles. The zero-order chi connectivity index (χ0) is 23.9. The van der Waals surface area contributed by atoms with Gasteiger partial charge in [0.1, 0.15) is 11.4 Å². The van der Waals surface area contributed by atoms with Crippen LogP contribution in [0.5, 0.6) is 5.75 Å². The molecule has 1 aliphatic rings. The second-order valence-electron chi connectivity index (χ2n) is 9.14. The number of fused-ring (bicyclic) bond motifs is 3. The smallest absolute Gasteiger partial charge is 0.178 e. The Bertz CT molecular complexity index is 1450. The summed E-state index contributed by atoms with van der Waals surface area (Å²) in [5.41, 5.74) is 3.34. The molecule has 34 heavy (non-hydrogen) atoms. The highest BCUT2D eigenvalue weighted by Gasteiger charge is 2.24. The van der Waals surface area contributed by atoms with Gasteiger partial charge in [-0.3, -0.25) is 0 Å². The Balaban J connectivity index is 1.64. The number of halogens is 1. The summed E-state index contributed by atoms with van der Waals surface area (Å²) in [6, 6.07) is 13.0. The van der Waals surface area contributed by atoms with Crippen molar-refractivity contribution in [3.63, 3.8) is 0 Å². The predicted molar refractivity (Wildman–Crippen MR) is 138 cm³/mol. The number of hydrogen-bond acceptors (Lipinski definition) is 4. The van der Waals surface area contributed by atoms with Crippen molar-refractivity contribution >= 4 is 43.4 Å². The van der Waals surface area contributed by atoms with Crippen LogP contribution in [-0.2, 0) is 9.84 Å². The Morgan fingerprint density at radius 2 is 1.88 bits per heavy atom. The second kappa shape index (κ2) is 9.23. The van der Waals surface area contributed by atoms with E-state index in [2.05, 4.69) is 16.9 Å². The average Bonchev–Trinajstić information content (AvgIpc) is 3.24. The molecule has 0 atom stereocenters. The van der Waals surface area contributed by atoms with Crippen molar-refractivity contribution < 1.29 is 13.2 Å². The molecule has 2 heterocycles. The van der Waals surface area contributed by atoms with Gasteiger partial charge in [0.05, 0.1) is 27.3 Å². The molecule has 2 aromatic carbocycles. The number of pyridine rings is 1. The number of rotatable bonds is 6. The fourth-order valence-electron chi connectivity index (χ4n) is 5.04. The zero-order valence-corrected chi connectivity index (χ0v) is 21.0. The molecule has 178 valence electrons. The van der Waals surface area contributed by atoms with Crippen molar-refractivity contribution in [1.82, 2.24) is 9.97 Å². The summed E-state index contributed by atoms with van der Waals surface area (Å²) in [5, 5.41) is 2.38. The molecule has 0 bridgehead atoms. The molecule has 1 fully saturated rings. The standard InChI is InChI=1S/C27H29ClN2O3S/c1-3-17-8-10-20(11-9-17)33-24-13-12-22(18-6-5-7-21(14-18)34(31,32)4-2)25-23-15-19(28)16-29-27(23)30-26(24)25/h5-7,12-17,20H,3-4,8-11H2,1-2H3,(H,29,30). The molecular weight excluding hydrogens is 468 g/mol. The third-order valence-corrected chi connectivity index (χ3v) is 9.02. The van der Waals surface area contributed by atoms with Crippen LogP contribution in [0.3, 0.4) is 0 Å². The van der Waals surface area contributed by atoms with Crippen LogP contribution in [0.1, 0.15) is 46.0 Å². The van der Waals surface area contributed by atoms with Gasteiger partial charge in [-0.1, -0.05) is 44.0 Å². The molecule has 1 saturated carbocycles. The van der Waals surface area contributed by atoms with Crippen LogP contribution in [0.25, 0.3) is 33.1 Å². The van der Waals surface area contributed by atoms with E-state index in [1.807, 2.05) is 24.3 Å². The minimum Gasteiger partial charge on any atom is -0.488 e. The number of ether oxygens (including phenoxy) is 1. The van der Waals surface area contributed by atoms with Gasteiger partial charge >= 0.3 is 0 Å². The summed E-state index contributed by atoms with van der Waals surface area (Å²) in [6.07, 6.45) is 7.56. The molecular formula is C27H29ClN2O3S. The van der Waals surface area contributed by atoms with Crippen LogP contribution in [0.15, 0.2) is 53.6 Å². The minimum atomic E-state index is -3.32. The molecule has 5 nitrogen and oxygen atoms in total. The first-order valence-electron chi connectivity index (χ1n) is 12.0. The first-order valence-corrected chi connectivity index (χ1v) is 14.0. The maximum absolute atomic E-state index is 12.5. The van der Waals surface area contributed by atoms with Crippen LogP contribution in [0.4, 0.5) is 0 Å². The average molecular weight is 497 g/mol. The lowest BCUT2D eigenvalue weighted by molar-refractivity contribution is 0.131. The lowest BCUT2D eigenvalue weighted by atomic mass is 9.86. The van der Waals surface area contributed by atoms with E-state index in [0.29, 0.717) is 9.92 Å². The number of aromatic nitrogens is 2. The summed E-state index contributed by atoms with van der Waals surface area (Å²) in [5.74, 6) is 1.66. The van der Waals surface area contributed by atoms with Gasteiger partial charge in [0.15, 0.2) is 9.84 Å².